The number of nitrogens with zero attached hydrogens (tertiary/aromatic N) is 5. The van der Waals surface area contributed by atoms with E-state index in [4.69, 9.17) is 5.11 Å². The summed E-state index contributed by atoms with van der Waals surface area (Å²) in [6.07, 6.45) is 7.88. The minimum Gasteiger partial charge on any atom is -0.481 e. The van der Waals surface area contributed by atoms with Gasteiger partial charge in [0, 0.05) is 25.2 Å². The predicted molar refractivity (Wildman–Crippen MR) is 84.7 cm³/mol. The first-order chi connectivity index (χ1) is 11.6. The number of aromatic nitrogens is 4. The molecule has 1 aliphatic rings. The van der Waals surface area contributed by atoms with E-state index >= 15 is 0 Å². The van der Waals surface area contributed by atoms with Crippen molar-refractivity contribution >= 4 is 11.9 Å². The Labute approximate surface area is 139 Å². The summed E-state index contributed by atoms with van der Waals surface area (Å²) in [5, 5.41) is 12.9. The van der Waals surface area contributed by atoms with Crippen LogP contribution in [0.2, 0.25) is 0 Å². The third kappa shape index (κ3) is 3.58. The van der Waals surface area contributed by atoms with E-state index in [1.807, 2.05) is 0 Å². The average molecular weight is 329 g/mol. The van der Waals surface area contributed by atoms with Gasteiger partial charge in [0.2, 0.25) is 0 Å². The fourth-order valence-electron chi connectivity index (χ4n) is 3.00. The van der Waals surface area contributed by atoms with Gasteiger partial charge in [0.25, 0.3) is 5.91 Å². The van der Waals surface area contributed by atoms with E-state index in [1.54, 1.807) is 17.0 Å². The first-order valence-corrected chi connectivity index (χ1v) is 7.99. The molecule has 1 amide bonds. The second-order valence-electron chi connectivity index (χ2n) is 5.83. The summed E-state index contributed by atoms with van der Waals surface area (Å²) in [5.74, 6) is -0.334. The molecule has 1 atom stereocenters. The first kappa shape index (κ1) is 16.1. The van der Waals surface area contributed by atoms with Crippen LogP contribution >= 0.6 is 0 Å². The van der Waals surface area contributed by atoms with E-state index in [0.717, 1.165) is 19.3 Å². The van der Waals surface area contributed by atoms with E-state index in [2.05, 4.69) is 15.1 Å². The van der Waals surface area contributed by atoms with E-state index in [0.29, 0.717) is 24.3 Å². The quantitative estimate of drug-likeness (QED) is 0.892. The normalized spacial score (nSPS) is 17.7. The molecular weight excluding hydrogens is 310 g/mol. The highest BCUT2D eigenvalue weighted by molar-refractivity contribution is 5.94. The molecule has 3 rings (SSSR count). The van der Waals surface area contributed by atoms with Crippen LogP contribution in [0.3, 0.4) is 0 Å². The number of pyridine rings is 1. The van der Waals surface area contributed by atoms with Crippen molar-refractivity contribution in [2.24, 2.45) is 0 Å². The second kappa shape index (κ2) is 7.20. The summed E-state index contributed by atoms with van der Waals surface area (Å²) in [5.41, 5.74) is 0.501. The van der Waals surface area contributed by atoms with Gasteiger partial charge in [0.15, 0.2) is 5.82 Å². The lowest BCUT2D eigenvalue weighted by molar-refractivity contribution is -0.137. The van der Waals surface area contributed by atoms with Gasteiger partial charge in [0.05, 0.1) is 5.56 Å². The maximum Gasteiger partial charge on any atom is 0.303 e. The highest BCUT2D eigenvalue weighted by atomic mass is 16.4. The summed E-state index contributed by atoms with van der Waals surface area (Å²) >= 11 is 0. The molecule has 1 N–H and O–H groups in total. The Morgan fingerprint density at radius 3 is 2.83 bits per heavy atom. The molecule has 1 unspecified atom stereocenters. The zero-order chi connectivity index (χ0) is 16.9. The molecule has 1 saturated heterocycles. The van der Waals surface area contributed by atoms with Crippen LogP contribution in [-0.4, -0.2) is 54.2 Å². The third-order valence-corrected chi connectivity index (χ3v) is 4.23. The number of piperidine rings is 1. The fraction of sp³-hybridized carbons (Fsp3) is 0.438. The Kier molecular flexibility index (Phi) is 4.83. The van der Waals surface area contributed by atoms with E-state index in [-0.39, 0.29) is 18.4 Å². The lowest BCUT2D eigenvalue weighted by Gasteiger charge is -2.35. The Bertz CT molecular complexity index is 699. The Morgan fingerprint density at radius 1 is 1.29 bits per heavy atom. The molecule has 8 heteroatoms. The van der Waals surface area contributed by atoms with Gasteiger partial charge in [-0.3, -0.25) is 9.59 Å². The molecule has 0 aromatic carbocycles. The summed E-state index contributed by atoms with van der Waals surface area (Å²) in [6.45, 7) is 0.661. The van der Waals surface area contributed by atoms with Crippen LogP contribution in [0, 0.1) is 0 Å². The van der Waals surface area contributed by atoms with Crippen LogP contribution in [0.15, 0.2) is 31.0 Å². The van der Waals surface area contributed by atoms with Crippen LogP contribution in [0.4, 0.5) is 0 Å². The predicted octanol–water partition coefficient (Wildman–Crippen LogP) is 1.52. The molecule has 0 bridgehead atoms. The van der Waals surface area contributed by atoms with Crippen molar-refractivity contribution in [3.8, 4) is 5.82 Å². The van der Waals surface area contributed by atoms with Crippen molar-refractivity contribution in [3.05, 3.63) is 36.5 Å². The zero-order valence-corrected chi connectivity index (χ0v) is 13.2. The lowest BCUT2D eigenvalue weighted by atomic mass is 9.97. The molecule has 3 heterocycles. The number of carboxylic acids is 1. The first-order valence-electron chi connectivity index (χ1n) is 7.99. The number of amides is 1. The number of carbonyl (C=O) groups excluding carboxylic acids is 1. The topological polar surface area (TPSA) is 101 Å². The van der Waals surface area contributed by atoms with E-state index in [9.17, 15) is 9.59 Å². The number of carbonyl (C=O) groups is 2. The minimum atomic E-state index is -0.827. The summed E-state index contributed by atoms with van der Waals surface area (Å²) in [6, 6.07) is 3.42. The SMILES string of the molecule is O=C(O)CCC1CCCCN1C(=O)c1ccc(-n2cncn2)nc1. The highest BCUT2D eigenvalue weighted by Gasteiger charge is 2.27. The lowest BCUT2D eigenvalue weighted by Crippen LogP contribution is -2.44. The van der Waals surface area contributed by atoms with E-state index in [1.165, 1.54) is 23.5 Å². The van der Waals surface area contributed by atoms with Crippen molar-refractivity contribution < 1.29 is 14.7 Å². The van der Waals surface area contributed by atoms with Gasteiger partial charge in [-0.05, 0) is 37.8 Å². The molecule has 0 aliphatic carbocycles. The number of carboxylic acid groups (broad SMARTS) is 1. The molecule has 0 spiro atoms. The summed E-state index contributed by atoms with van der Waals surface area (Å²) in [4.78, 5) is 33.5. The maximum atomic E-state index is 12.8. The average Bonchev–Trinajstić information content (AvgIpc) is 3.14. The van der Waals surface area contributed by atoms with Crippen molar-refractivity contribution in [3.63, 3.8) is 0 Å². The Balaban J connectivity index is 1.72. The van der Waals surface area contributed by atoms with Gasteiger partial charge >= 0.3 is 5.97 Å². The fourth-order valence-corrected chi connectivity index (χ4v) is 3.00. The van der Waals surface area contributed by atoms with Gasteiger partial charge in [0.1, 0.15) is 12.7 Å². The maximum absolute atomic E-state index is 12.8. The van der Waals surface area contributed by atoms with Gasteiger partial charge in [-0.2, -0.15) is 5.10 Å². The van der Waals surface area contributed by atoms with Crippen molar-refractivity contribution in [2.75, 3.05) is 6.54 Å². The second-order valence-corrected chi connectivity index (χ2v) is 5.83. The van der Waals surface area contributed by atoms with Gasteiger partial charge < -0.3 is 10.0 Å². The van der Waals surface area contributed by atoms with Crippen molar-refractivity contribution in [2.45, 2.75) is 38.1 Å². The molecular formula is C16H19N5O3. The number of hydrogen-bond acceptors (Lipinski definition) is 5. The van der Waals surface area contributed by atoms with Gasteiger partial charge in [-0.25, -0.2) is 14.6 Å². The third-order valence-electron chi connectivity index (χ3n) is 4.23. The molecule has 2 aromatic heterocycles. The van der Waals surface area contributed by atoms with Gasteiger partial charge in [-0.1, -0.05) is 0 Å². The molecule has 2 aromatic rings. The van der Waals surface area contributed by atoms with Crippen LogP contribution in [0.25, 0.3) is 5.82 Å². The summed E-state index contributed by atoms with van der Waals surface area (Å²) in [7, 11) is 0. The molecule has 126 valence electrons. The number of aliphatic carboxylic acids is 1. The molecule has 8 nitrogen and oxygen atoms in total. The van der Waals surface area contributed by atoms with Crippen LogP contribution in [-0.2, 0) is 4.79 Å². The highest BCUT2D eigenvalue weighted by Crippen LogP contribution is 2.23. The Hall–Kier alpha value is -2.77. The number of rotatable bonds is 5. The number of likely N-dealkylation sites (tertiary alicyclic amines) is 1. The van der Waals surface area contributed by atoms with E-state index < -0.39 is 5.97 Å². The monoisotopic (exact) mass is 329 g/mol. The largest absolute Gasteiger partial charge is 0.481 e. The van der Waals surface area contributed by atoms with Crippen LogP contribution in [0.1, 0.15) is 42.5 Å². The molecule has 0 saturated carbocycles. The van der Waals surface area contributed by atoms with Crippen LogP contribution < -0.4 is 0 Å². The molecule has 1 aliphatic heterocycles. The molecule has 24 heavy (non-hydrogen) atoms. The number of hydrogen-bond donors (Lipinski definition) is 1. The zero-order valence-electron chi connectivity index (χ0n) is 13.2. The standard InChI is InChI=1S/C16H19N5O3/c22-15(23)7-5-13-3-1-2-8-20(13)16(24)12-4-6-14(18-9-12)21-11-17-10-19-21/h4,6,9-11,13H,1-3,5,7-8H2,(H,22,23). The Morgan fingerprint density at radius 2 is 2.17 bits per heavy atom. The van der Waals surface area contributed by atoms with Gasteiger partial charge in [-0.15, -0.1) is 0 Å². The van der Waals surface area contributed by atoms with Crippen molar-refractivity contribution in [1.82, 2.24) is 24.6 Å². The smallest absolute Gasteiger partial charge is 0.303 e. The summed E-state index contributed by atoms with van der Waals surface area (Å²) < 4.78 is 1.52. The molecule has 1 fully saturated rings. The minimum absolute atomic E-state index is 0.0164. The molecule has 0 radical (unpaired) electrons. The van der Waals surface area contributed by atoms with Crippen molar-refractivity contribution in [1.29, 1.82) is 0 Å². The van der Waals surface area contributed by atoms with Crippen LogP contribution in [0.5, 0.6) is 0 Å².